The van der Waals surface area contributed by atoms with E-state index in [9.17, 15) is 0 Å². The number of hydrogen-bond donors (Lipinski definition) is 0. The zero-order valence-corrected chi connectivity index (χ0v) is 8.54. The van der Waals surface area contributed by atoms with E-state index >= 15 is 0 Å². The van der Waals surface area contributed by atoms with Gasteiger partial charge in [-0.15, -0.1) is 0 Å². The zero-order chi connectivity index (χ0) is 9.68. The van der Waals surface area contributed by atoms with Gasteiger partial charge in [0.15, 0.2) is 0 Å². The lowest BCUT2D eigenvalue weighted by atomic mass is 10.0. The highest BCUT2D eigenvalue weighted by molar-refractivity contribution is 5.56. The minimum absolute atomic E-state index is 1.30. The van der Waals surface area contributed by atoms with E-state index in [1.165, 1.54) is 16.7 Å². The van der Waals surface area contributed by atoms with E-state index in [1.54, 1.807) is 0 Å². The molecule has 0 fully saturated rings. The minimum Gasteiger partial charge on any atom is -0.0877 e. The first-order valence-electron chi connectivity index (χ1n) is 4.61. The highest BCUT2D eigenvalue weighted by Crippen LogP contribution is 2.13. The molecule has 13 heavy (non-hydrogen) atoms. The molecule has 0 saturated carbocycles. The van der Waals surface area contributed by atoms with Crippen LogP contribution in [0.25, 0.3) is 6.08 Å². The van der Waals surface area contributed by atoms with Crippen LogP contribution in [0.15, 0.2) is 36.4 Å². The highest BCUT2D eigenvalue weighted by Gasteiger charge is 1.94. The molecule has 0 heterocycles. The van der Waals surface area contributed by atoms with Crippen LogP contribution in [0.5, 0.6) is 0 Å². The quantitative estimate of drug-likeness (QED) is 0.594. The number of hydrogen-bond acceptors (Lipinski definition) is 0. The van der Waals surface area contributed by atoms with Crippen LogP contribution in [0.1, 0.15) is 23.6 Å². The standard InChI is InChI=1S/C13H16/c1-4-5-6-9-13-10-7-8-11(2)12(13)3/h4-10H,1-3H3/b5-4+,9-6-. The maximum absolute atomic E-state index is 2.16. The summed E-state index contributed by atoms with van der Waals surface area (Å²) in [4.78, 5) is 0. The molecular weight excluding hydrogens is 156 g/mol. The van der Waals surface area contributed by atoms with Crippen LogP contribution in [0.2, 0.25) is 0 Å². The molecule has 0 spiro atoms. The number of benzene rings is 1. The van der Waals surface area contributed by atoms with Crippen molar-refractivity contribution in [3.8, 4) is 0 Å². The fraction of sp³-hybridized carbons (Fsp3) is 0.231. The minimum atomic E-state index is 1.30. The van der Waals surface area contributed by atoms with Crippen molar-refractivity contribution in [2.24, 2.45) is 0 Å². The molecule has 1 aromatic carbocycles. The summed E-state index contributed by atoms with van der Waals surface area (Å²) in [6.45, 7) is 6.32. The molecule has 0 aliphatic heterocycles. The Balaban J connectivity index is 2.95. The highest BCUT2D eigenvalue weighted by atomic mass is 14.0. The first-order valence-corrected chi connectivity index (χ1v) is 4.61. The van der Waals surface area contributed by atoms with Crippen molar-refractivity contribution in [2.75, 3.05) is 0 Å². The lowest BCUT2D eigenvalue weighted by Crippen LogP contribution is -1.83. The summed E-state index contributed by atoms with van der Waals surface area (Å²) >= 11 is 0. The predicted octanol–water partition coefficient (Wildman–Crippen LogP) is 3.89. The van der Waals surface area contributed by atoms with Crippen molar-refractivity contribution in [1.82, 2.24) is 0 Å². The molecule has 0 N–H and O–H groups in total. The van der Waals surface area contributed by atoms with E-state index in [0.29, 0.717) is 0 Å². The second-order valence-corrected chi connectivity index (χ2v) is 3.17. The lowest BCUT2D eigenvalue weighted by Gasteiger charge is -2.02. The molecule has 1 aromatic rings. The van der Waals surface area contributed by atoms with Crippen LogP contribution in [0, 0.1) is 13.8 Å². The van der Waals surface area contributed by atoms with Gasteiger partial charge in [-0.05, 0) is 37.5 Å². The molecule has 0 saturated heterocycles. The Hall–Kier alpha value is -1.30. The summed E-state index contributed by atoms with van der Waals surface area (Å²) in [5.41, 5.74) is 4.02. The van der Waals surface area contributed by atoms with Crippen molar-refractivity contribution in [1.29, 1.82) is 0 Å². The van der Waals surface area contributed by atoms with Crippen LogP contribution in [0.4, 0.5) is 0 Å². The lowest BCUT2D eigenvalue weighted by molar-refractivity contribution is 1.33. The fourth-order valence-electron chi connectivity index (χ4n) is 1.22. The summed E-state index contributed by atoms with van der Waals surface area (Å²) in [5.74, 6) is 0. The number of aryl methyl sites for hydroxylation is 1. The van der Waals surface area contributed by atoms with Gasteiger partial charge in [0, 0.05) is 0 Å². The Labute approximate surface area is 80.6 Å². The summed E-state index contributed by atoms with van der Waals surface area (Å²) < 4.78 is 0. The monoisotopic (exact) mass is 172 g/mol. The Morgan fingerprint density at radius 2 is 1.85 bits per heavy atom. The average Bonchev–Trinajstić information content (AvgIpc) is 2.13. The first kappa shape index (κ1) is 9.79. The fourth-order valence-corrected chi connectivity index (χ4v) is 1.22. The largest absolute Gasteiger partial charge is 0.0877 e. The van der Waals surface area contributed by atoms with E-state index < -0.39 is 0 Å². The first-order chi connectivity index (χ1) is 6.25. The van der Waals surface area contributed by atoms with Gasteiger partial charge in [-0.2, -0.15) is 0 Å². The molecule has 0 atom stereocenters. The zero-order valence-electron chi connectivity index (χ0n) is 8.54. The van der Waals surface area contributed by atoms with Crippen LogP contribution in [-0.4, -0.2) is 0 Å². The molecule has 0 bridgehead atoms. The third kappa shape index (κ3) is 2.59. The van der Waals surface area contributed by atoms with Gasteiger partial charge < -0.3 is 0 Å². The van der Waals surface area contributed by atoms with Gasteiger partial charge in [-0.1, -0.05) is 42.5 Å². The van der Waals surface area contributed by atoms with Crippen LogP contribution in [0.3, 0.4) is 0 Å². The predicted molar refractivity (Wildman–Crippen MR) is 59.8 cm³/mol. The molecular formula is C13H16. The summed E-state index contributed by atoms with van der Waals surface area (Å²) in [6, 6.07) is 6.38. The van der Waals surface area contributed by atoms with E-state index in [-0.39, 0.29) is 0 Å². The van der Waals surface area contributed by atoms with Gasteiger partial charge in [0.2, 0.25) is 0 Å². The smallest absolute Gasteiger partial charge is 0.0225 e. The van der Waals surface area contributed by atoms with Gasteiger partial charge >= 0.3 is 0 Å². The number of allylic oxidation sites excluding steroid dienone is 3. The second kappa shape index (κ2) is 4.66. The maximum atomic E-state index is 2.16. The van der Waals surface area contributed by atoms with Gasteiger partial charge in [0.25, 0.3) is 0 Å². The molecule has 0 aliphatic carbocycles. The SMILES string of the molecule is C/C=C/C=C\c1cccc(C)c1C. The molecule has 0 aliphatic rings. The van der Waals surface area contributed by atoms with Crippen molar-refractivity contribution in [3.05, 3.63) is 53.1 Å². The van der Waals surface area contributed by atoms with Gasteiger partial charge in [0.05, 0.1) is 0 Å². The molecule has 0 nitrogen and oxygen atoms in total. The molecule has 0 heteroatoms. The van der Waals surface area contributed by atoms with Crippen LogP contribution >= 0.6 is 0 Å². The van der Waals surface area contributed by atoms with E-state index in [2.05, 4.69) is 44.2 Å². The van der Waals surface area contributed by atoms with Crippen molar-refractivity contribution in [2.45, 2.75) is 20.8 Å². The van der Waals surface area contributed by atoms with E-state index in [1.807, 2.05) is 19.1 Å². The van der Waals surface area contributed by atoms with Gasteiger partial charge in [0.1, 0.15) is 0 Å². The normalized spacial score (nSPS) is 11.6. The van der Waals surface area contributed by atoms with Crippen molar-refractivity contribution in [3.63, 3.8) is 0 Å². The Bertz CT molecular complexity index is 330. The third-order valence-electron chi connectivity index (χ3n) is 2.23. The van der Waals surface area contributed by atoms with Crippen LogP contribution < -0.4 is 0 Å². The van der Waals surface area contributed by atoms with Gasteiger partial charge in [-0.25, -0.2) is 0 Å². The van der Waals surface area contributed by atoms with Crippen LogP contribution in [-0.2, 0) is 0 Å². The van der Waals surface area contributed by atoms with Crippen molar-refractivity contribution >= 4 is 6.08 Å². The molecule has 68 valence electrons. The average molecular weight is 172 g/mol. The van der Waals surface area contributed by atoms with Crippen molar-refractivity contribution < 1.29 is 0 Å². The molecule has 0 unspecified atom stereocenters. The third-order valence-corrected chi connectivity index (χ3v) is 2.23. The molecule has 0 amide bonds. The summed E-state index contributed by atoms with van der Waals surface area (Å²) in [6.07, 6.45) is 8.29. The van der Waals surface area contributed by atoms with Gasteiger partial charge in [-0.3, -0.25) is 0 Å². The second-order valence-electron chi connectivity index (χ2n) is 3.17. The number of rotatable bonds is 2. The Kier molecular flexibility index (Phi) is 3.51. The topological polar surface area (TPSA) is 0 Å². The molecule has 1 rings (SSSR count). The van der Waals surface area contributed by atoms with E-state index in [4.69, 9.17) is 0 Å². The maximum Gasteiger partial charge on any atom is -0.0225 e. The Morgan fingerprint density at radius 1 is 1.08 bits per heavy atom. The molecule has 0 radical (unpaired) electrons. The summed E-state index contributed by atoms with van der Waals surface area (Å²) in [7, 11) is 0. The summed E-state index contributed by atoms with van der Waals surface area (Å²) in [5, 5.41) is 0. The Morgan fingerprint density at radius 3 is 2.54 bits per heavy atom. The van der Waals surface area contributed by atoms with E-state index in [0.717, 1.165) is 0 Å². The molecule has 0 aromatic heterocycles.